The highest BCUT2D eigenvalue weighted by molar-refractivity contribution is 5.66. The Morgan fingerprint density at radius 1 is 1.38 bits per heavy atom. The molecule has 0 aliphatic heterocycles. The van der Waals surface area contributed by atoms with Gasteiger partial charge in [0.05, 0.1) is 0 Å². The first kappa shape index (κ1) is 10.6. The van der Waals surface area contributed by atoms with E-state index in [2.05, 4.69) is 6.92 Å². The number of carbonyl (C=O) groups excluding carboxylic acids is 1. The predicted octanol–water partition coefficient (Wildman–Crippen LogP) is 2.91. The van der Waals surface area contributed by atoms with Crippen LogP contribution in [0.4, 0.5) is 0 Å². The summed E-state index contributed by atoms with van der Waals surface area (Å²) in [4.78, 5) is 10.7. The Balaban J connectivity index is 2.09. The number of unbranched alkanes of at least 4 members (excludes halogenated alkanes) is 2. The molecule has 13 heavy (non-hydrogen) atoms. The second kappa shape index (κ2) is 5.25. The molecule has 0 aromatic rings. The van der Waals surface area contributed by atoms with Crippen molar-refractivity contribution >= 4 is 5.97 Å². The Hall–Kier alpha value is -0.530. The van der Waals surface area contributed by atoms with Crippen molar-refractivity contribution in [2.24, 2.45) is 5.92 Å². The van der Waals surface area contributed by atoms with Gasteiger partial charge in [-0.25, -0.2) is 0 Å². The van der Waals surface area contributed by atoms with E-state index in [-0.39, 0.29) is 12.1 Å². The quantitative estimate of drug-likeness (QED) is 0.485. The Kier molecular flexibility index (Phi) is 4.26. The summed E-state index contributed by atoms with van der Waals surface area (Å²) < 4.78 is 5.19. The SMILES string of the molecule is CCCCCC1CCC1OC(C)=O. The average Bonchev–Trinajstić information content (AvgIpc) is 2.06. The Labute approximate surface area is 80.7 Å². The number of esters is 1. The molecular weight excluding hydrogens is 164 g/mol. The summed E-state index contributed by atoms with van der Waals surface area (Å²) in [7, 11) is 0. The van der Waals surface area contributed by atoms with Gasteiger partial charge >= 0.3 is 5.97 Å². The summed E-state index contributed by atoms with van der Waals surface area (Å²) in [6, 6.07) is 0. The molecule has 0 aromatic carbocycles. The Morgan fingerprint density at radius 2 is 2.15 bits per heavy atom. The fourth-order valence-electron chi connectivity index (χ4n) is 1.89. The lowest BCUT2D eigenvalue weighted by atomic mass is 9.78. The van der Waals surface area contributed by atoms with Crippen LogP contribution in [0.25, 0.3) is 0 Å². The molecule has 1 aliphatic carbocycles. The number of hydrogen-bond donors (Lipinski definition) is 0. The normalized spacial score (nSPS) is 26.6. The average molecular weight is 184 g/mol. The molecule has 2 nitrogen and oxygen atoms in total. The smallest absolute Gasteiger partial charge is 0.302 e. The van der Waals surface area contributed by atoms with Gasteiger partial charge in [-0.2, -0.15) is 0 Å². The van der Waals surface area contributed by atoms with Crippen molar-refractivity contribution in [3.63, 3.8) is 0 Å². The summed E-state index contributed by atoms with van der Waals surface area (Å²) in [6.45, 7) is 3.71. The highest BCUT2D eigenvalue weighted by Gasteiger charge is 2.32. The fourth-order valence-corrected chi connectivity index (χ4v) is 1.89. The molecule has 0 N–H and O–H groups in total. The topological polar surface area (TPSA) is 26.3 Å². The second-order valence-electron chi connectivity index (χ2n) is 3.98. The second-order valence-corrected chi connectivity index (χ2v) is 3.98. The van der Waals surface area contributed by atoms with Crippen LogP contribution >= 0.6 is 0 Å². The minimum atomic E-state index is -0.120. The van der Waals surface area contributed by atoms with Crippen molar-refractivity contribution in [3.8, 4) is 0 Å². The first-order chi connectivity index (χ1) is 6.24. The third kappa shape index (κ3) is 3.37. The summed E-state index contributed by atoms with van der Waals surface area (Å²) in [5, 5.41) is 0. The number of rotatable bonds is 5. The molecule has 0 amide bonds. The minimum absolute atomic E-state index is 0.120. The number of carbonyl (C=O) groups is 1. The van der Waals surface area contributed by atoms with E-state index in [0.717, 1.165) is 6.42 Å². The van der Waals surface area contributed by atoms with Gasteiger partial charge in [0.1, 0.15) is 6.10 Å². The molecule has 1 aliphatic rings. The summed E-state index contributed by atoms with van der Waals surface area (Å²) in [5.74, 6) is 0.542. The third-order valence-corrected chi connectivity index (χ3v) is 2.84. The van der Waals surface area contributed by atoms with Gasteiger partial charge < -0.3 is 4.74 Å². The van der Waals surface area contributed by atoms with E-state index < -0.39 is 0 Å². The lowest BCUT2D eigenvalue weighted by Crippen LogP contribution is -2.35. The van der Waals surface area contributed by atoms with E-state index in [1.54, 1.807) is 0 Å². The summed E-state index contributed by atoms with van der Waals surface area (Å²) in [5.41, 5.74) is 0. The van der Waals surface area contributed by atoms with Gasteiger partial charge in [0.25, 0.3) is 0 Å². The molecule has 2 unspecified atom stereocenters. The van der Waals surface area contributed by atoms with Crippen LogP contribution in [0, 0.1) is 5.92 Å². The minimum Gasteiger partial charge on any atom is -0.462 e. The zero-order chi connectivity index (χ0) is 9.68. The molecule has 0 heterocycles. The van der Waals surface area contributed by atoms with Gasteiger partial charge in [0, 0.05) is 6.92 Å². The zero-order valence-electron chi connectivity index (χ0n) is 8.71. The van der Waals surface area contributed by atoms with Gasteiger partial charge in [0.2, 0.25) is 0 Å². The molecule has 1 rings (SSSR count). The van der Waals surface area contributed by atoms with Crippen molar-refractivity contribution in [1.82, 2.24) is 0 Å². The zero-order valence-corrected chi connectivity index (χ0v) is 8.71. The van der Waals surface area contributed by atoms with Gasteiger partial charge in [-0.3, -0.25) is 4.79 Å². The van der Waals surface area contributed by atoms with Crippen molar-refractivity contribution < 1.29 is 9.53 Å². The van der Waals surface area contributed by atoms with Crippen molar-refractivity contribution in [3.05, 3.63) is 0 Å². The standard InChI is InChI=1S/C11H20O2/c1-3-4-5-6-10-7-8-11(10)13-9(2)12/h10-11H,3-8H2,1-2H3. The largest absolute Gasteiger partial charge is 0.462 e. The summed E-state index contributed by atoms with van der Waals surface area (Å²) in [6.07, 6.45) is 7.69. The lowest BCUT2D eigenvalue weighted by molar-refractivity contribution is -0.155. The first-order valence-electron chi connectivity index (χ1n) is 5.41. The van der Waals surface area contributed by atoms with E-state index in [1.807, 2.05) is 0 Å². The van der Waals surface area contributed by atoms with Crippen molar-refractivity contribution in [2.45, 2.75) is 58.5 Å². The van der Waals surface area contributed by atoms with Gasteiger partial charge in [-0.1, -0.05) is 26.2 Å². The summed E-state index contributed by atoms with van der Waals surface area (Å²) >= 11 is 0. The maximum absolute atomic E-state index is 10.7. The highest BCUT2D eigenvalue weighted by atomic mass is 16.5. The molecular formula is C11H20O2. The first-order valence-corrected chi connectivity index (χ1v) is 5.41. The van der Waals surface area contributed by atoms with Crippen LogP contribution in [0.5, 0.6) is 0 Å². The third-order valence-electron chi connectivity index (χ3n) is 2.84. The van der Waals surface area contributed by atoms with Gasteiger partial charge in [0.15, 0.2) is 0 Å². The number of ether oxygens (including phenoxy) is 1. The van der Waals surface area contributed by atoms with Crippen LogP contribution in [-0.2, 0) is 9.53 Å². The maximum Gasteiger partial charge on any atom is 0.302 e. The molecule has 2 heteroatoms. The molecule has 2 atom stereocenters. The Bertz CT molecular complexity index is 165. The molecule has 0 bridgehead atoms. The van der Waals surface area contributed by atoms with Crippen LogP contribution < -0.4 is 0 Å². The van der Waals surface area contributed by atoms with E-state index >= 15 is 0 Å². The van der Waals surface area contributed by atoms with E-state index in [4.69, 9.17) is 4.74 Å². The van der Waals surface area contributed by atoms with Crippen LogP contribution in [0.3, 0.4) is 0 Å². The lowest BCUT2D eigenvalue weighted by Gasteiger charge is -2.35. The van der Waals surface area contributed by atoms with Crippen molar-refractivity contribution in [2.75, 3.05) is 0 Å². The highest BCUT2D eigenvalue weighted by Crippen LogP contribution is 2.34. The van der Waals surface area contributed by atoms with Gasteiger partial charge in [-0.05, 0) is 25.2 Å². The Morgan fingerprint density at radius 3 is 2.62 bits per heavy atom. The molecule has 0 saturated heterocycles. The molecule has 0 radical (unpaired) electrons. The van der Waals surface area contributed by atoms with E-state index in [1.165, 1.54) is 39.0 Å². The maximum atomic E-state index is 10.7. The van der Waals surface area contributed by atoms with Gasteiger partial charge in [-0.15, -0.1) is 0 Å². The fraction of sp³-hybridized carbons (Fsp3) is 0.909. The van der Waals surface area contributed by atoms with Crippen LogP contribution in [-0.4, -0.2) is 12.1 Å². The van der Waals surface area contributed by atoms with E-state index in [0.29, 0.717) is 5.92 Å². The number of hydrogen-bond acceptors (Lipinski definition) is 2. The molecule has 0 aromatic heterocycles. The molecule has 0 spiro atoms. The molecule has 1 saturated carbocycles. The predicted molar refractivity (Wildman–Crippen MR) is 52.4 cm³/mol. The van der Waals surface area contributed by atoms with Crippen molar-refractivity contribution in [1.29, 1.82) is 0 Å². The van der Waals surface area contributed by atoms with Crippen LogP contribution in [0.1, 0.15) is 52.4 Å². The van der Waals surface area contributed by atoms with Crippen LogP contribution in [0.15, 0.2) is 0 Å². The van der Waals surface area contributed by atoms with E-state index in [9.17, 15) is 4.79 Å². The monoisotopic (exact) mass is 184 g/mol. The molecule has 76 valence electrons. The molecule has 1 fully saturated rings. The van der Waals surface area contributed by atoms with Crippen LogP contribution in [0.2, 0.25) is 0 Å².